The topological polar surface area (TPSA) is 80.9 Å². The van der Waals surface area contributed by atoms with E-state index < -0.39 is 0 Å². The molecule has 0 saturated heterocycles. The fourth-order valence-electron chi connectivity index (χ4n) is 5.36. The fraction of sp³-hybridized carbons (Fsp3) is 0.368. The summed E-state index contributed by atoms with van der Waals surface area (Å²) in [6.45, 7) is 16.9. The SMILES string of the molecule is CCc1cc(C(C)(C)c2ccc(O)c(CC)c2)ccc1O.CCc1cc(C(C)(C)c2ccc(O)c(CC)c2)ccc1O. The van der Waals surface area contributed by atoms with Crippen molar-refractivity contribution in [2.75, 3.05) is 0 Å². The van der Waals surface area contributed by atoms with Crippen LogP contribution in [0.5, 0.6) is 23.0 Å². The number of aryl methyl sites for hydroxylation is 4. The number of hydrogen-bond donors (Lipinski definition) is 4. The normalized spacial score (nSPS) is 11.6. The number of benzene rings is 4. The molecule has 0 saturated carbocycles. The second-order valence-electron chi connectivity index (χ2n) is 12.0. The number of hydrogen-bond acceptors (Lipinski definition) is 4. The van der Waals surface area contributed by atoms with Gasteiger partial charge in [0, 0.05) is 10.8 Å². The number of phenolic OH excluding ortho intramolecular Hbond substituents is 4. The number of aromatic hydroxyl groups is 4. The summed E-state index contributed by atoms with van der Waals surface area (Å²) >= 11 is 0. The first kappa shape index (κ1) is 32.6. The van der Waals surface area contributed by atoms with Crippen LogP contribution in [0.2, 0.25) is 0 Å². The first-order valence-corrected chi connectivity index (χ1v) is 15.1. The molecule has 4 nitrogen and oxygen atoms in total. The summed E-state index contributed by atoms with van der Waals surface area (Å²) in [5.41, 5.74) is 8.21. The van der Waals surface area contributed by atoms with Gasteiger partial charge in [-0.15, -0.1) is 0 Å². The van der Waals surface area contributed by atoms with E-state index >= 15 is 0 Å². The van der Waals surface area contributed by atoms with Gasteiger partial charge in [-0.05, 0) is 94.5 Å². The second-order valence-corrected chi connectivity index (χ2v) is 12.0. The molecule has 42 heavy (non-hydrogen) atoms. The van der Waals surface area contributed by atoms with Gasteiger partial charge in [0.25, 0.3) is 0 Å². The average molecular weight is 569 g/mol. The van der Waals surface area contributed by atoms with Crippen molar-refractivity contribution >= 4 is 0 Å². The van der Waals surface area contributed by atoms with Crippen LogP contribution in [0, 0.1) is 0 Å². The Balaban J connectivity index is 0.000000230. The molecule has 4 N–H and O–H groups in total. The standard InChI is InChI=1S/2C19H24O2/c2*1-5-13-11-15(7-9-17(13)20)19(3,4)16-8-10-18(21)14(6-2)12-16/h2*7-12,20-21H,5-6H2,1-4H3. The largest absolute Gasteiger partial charge is 0.508 e. The van der Waals surface area contributed by atoms with Crippen LogP contribution in [0.4, 0.5) is 0 Å². The van der Waals surface area contributed by atoms with Crippen molar-refractivity contribution in [2.45, 2.75) is 91.9 Å². The van der Waals surface area contributed by atoms with E-state index in [1.807, 2.05) is 52.0 Å². The molecule has 0 aliphatic heterocycles. The molecule has 224 valence electrons. The zero-order valence-corrected chi connectivity index (χ0v) is 26.5. The third-order valence-electron chi connectivity index (χ3n) is 8.73. The van der Waals surface area contributed by atoms with E-state index in [9.17, 15) is 20.4 Å². The maximum Gasteiger partial charge on any atom is 0.118 e. The van der Waals surface area contributed by atoms with E-state index in [0.717, 1.165) is 47.9 Å². The highest BCUT2D eigenvalue weighted by molar-refractivity contribution is 5.48. The van der Waals surface area contributed by atoms with E-state index in [-0.39, 0.29) is 10.8 Å². The molecular weight excluding hydrogens is 520 g/mol. The van der Waals surface area contributed by atoms with Crippen molar-refractivity contribution in [3.05, 3.63) is 117 Å². The maximum absolute atomic E-state index is 9.86. The molecule has 0 aliphatic carbocycles. The average Bonchev–Trinajstić information content (AvgIpc) is 2.98. The lowest BCUT2D eigenvalue weighted by Crippen LogP contribution is -2.19. The molecule has 0 atom stereocenters. The molecular formula is C38H48O4. The molecule has 0 radical (unpaired) electrons. The summed E-state index contributed by atoms with van der Waals surface area (Å²) in [5.74, 6) is 1.43. The van der Waals surface area contributed by atoms with Crippen LogP contribution in [0.15, 0.2) is 72.8 Å². The van der Waals surface area contributed by atoms with E-state index in [1.54, 1.807) is 24.3 Å². The third-order valence-corrected chi connectivity index (χ3v) is 8.73. The molecule has 4 heteroatoms. The van der Waals surface area contributed by atoms with Gasteiger partial charge in [0.05, 0.1) is 0 Å². The minimum atomic E-state index is -0.171. The van der Waals surface area contributed by atoms with Crippen LogP contribution in [-0.4, -0.2) is 20.4 Å². The summed E-state index contributed by atoms with van der Waals surface area (Å²) < 4.78 is 0. The van der Waals surface area contributed by atoms with E-state index in [4.69, 9.17) is 0 Å². The zero-order valence-electron chi connectivity index (χ0n) is 26.5. The van der Waals surface area contributed by atoms with Crippen LogP contribution < -0.4 is 0 Å². The Bertz CT molecular complexity index is 1290. The van der Waals surface area contributed by atoms with E-state index in [0.29, 0.717) is 23.0 Å². The van der Waals surface area contributed by atoms with Crippen LogP contribution >= 0.6 is 0 Å². The van der Waals surface area contributed by atoms with Gasteiger partial charge in [0.1, 0.15) is 23.0 Å². The summed E-state index contributed by atoms with van der Waals surface area (Å²) in [4.78, 5) is 0. The zero-order chi connectivity index (χ0) is 31.2. The van der Waals surface area contributed by atoms with Crippen molar-refractivity contribution in [1.82, 2.24) is 0 Å². The van der Waals surface area contributed by atoms with Gasteiger partial charge in [-0.1, -0.05) is 104 Å². The molecule has 4 aromatic carbocycles. The van der Waals surface area contributed by atoms with Crippen molar-refractivity contribution in [2.24, 2.45) is 0 Å². The molecule has 0 aromatic heterocycles. The van der Waals surface area contributed by atoms with Crippen LogP contribution in [0.25, 0.3) is 0 Å². The van der Waals surface area contributed by atoms with Gasteiger partial charge < -0.3 is 20.4 Å². The van der Waals surface area contributed by atoms with Gasteiger partial charge in [-0.2, -0.15) is 0 Å². The Kier molecular flexibility index (Phi) is 10.4. The molecule has 0 heterocycles. The van der Waals surface area contributed by atoms with Crippen molar-refractivity contribution < 1.29 is 20.4 Å². The van der Waals surface area contributed by atoms with Gasteiger partial charge >= 0.3 is 0 Å². The Morgan fingerprint density at radius 2 is 0.571 bits per heavy atom. The van der Waals surface area contributed by atoms with Crippen molar-refractivity contribution in [3.63, 3.8) is 0 Å². The molecule has 4 rings (SSSR count). The lowest BCUT2D eigenvalue weighted by atomic mass is 9.77. The Morgan fingerprint density at radius 3 is 0.738 bits per heavy atom. The lowest BCUT2D eigenvalue weighted by molar-refractivity contribution is 0.466. The molecule has 0 amide bonds. The molecule has 0 bridgehead atoms. The fourth-order valence-corrected chi connectivity index (χ4v) is 5.36. The minimum Gasteiger partial charge on any atom is -0.508 e. The first-order valence-electron chi connectivity index (χ1n) is 15.1. The van der Waals surface area contributed by atoms with Gasteiger partial charge in [0.2, 0.25) is 0 Å². The first-order chi connectivity index (χ1) is 19.8. The highest BCUT2D eigenvalue weighted by Crippen LogP contribution is 2.37. The second kappa shape index (κ2) is 13.4. The molecule has 4 aromatic rings. The Hall–Kier alpha value is -3.92. The van der Waals surface area contributed by atoms with Gasteiger partial charge in [0.15, 0.2) is 0 Å². The van der Waals surface area contributed by atoms with Crippen LogP contribution in [-0.2, 0) is 36.5 Å². The smallest absolute Gasteiger partial charge is 0.118 e. The highest BCUT2D eigenvalue weighted by Gasteiger charge is 2.26. The minimum absolute atomic E-state index is 0.171. The summed E-state index contributed by atoms with van der Waals surface area (Å²) in [6, 6.07) is 23.3. The molecule has 0 unspecified atom stereocenters. The van der Waals surface area contributed by atoms with Gasteiger partial charge in [-0.3, -0.25) is 0 Å². The van der Waals surface area contributed by atoms with E-state index in [1.165, 1.54) is 22.3 Å². The number of rotatable bonds is 8. The Morgan fingerprint density at radius 1 is 0.381 bits per heavy atom. The summed E-state index contributed by atoms with van der Waals surface area (Å²) in [6.07, 6.45) is 3.24. The summed E-state index contributed by atoms with van der Waals surface area (Å²) in [5, 5.41) is 39.4. The highest BCUT2D eigenvalue weighted by atomic mass is 16.3. The quantitative estimate of drug-likeness (QED) is 0.171. The third kappa shape index (κ3) is 6.92. The van der Waals surface area contributed by atoms with E-state index in [2.05, 4.69) is 52.0 Å². The monoisotopic (exact) mass is 568 g/mol. The lowest BCUT2D eigenvalue weighted by Gasteiger charge is -2.27. The summed E-state index contributed by atoms with van der Waals surface area (Å²) in [7, 11) is 0. The predicted molar refractivity (Wildman–Crippen MR) is 174 cm³/mol. The molecule has 0 fully saturated rings. The van der Waals surface area contributed by atoms with Crippen LogP contribution in [0.3, 0.4) is 0 Å². The molecule has 0 spiro atoms. The van der Waals surface area contributed by atoms with Crippen molar-refractivity contribution in [3.8, 4) is 23.0 Å². The number of phenols is 4. The van der Waals surface area contributed by atoms with Crippen LogP contribution in [0.1, 0.15) is 99.9 Å². The van der Waals surface area contributed by atoms with Gasteiger partial charge in [-0.25, -0.2) is 0 Å². The van der Waals surface area contributed by atoms with Crippen molar-refractivity contribution in [1.29, 1.82) is 0 Å². The Labute approximate surface area is 252 Å². The predicted octanol–water partition coefficient (Wildman–Crippen LogP) is 9.10. The maximum atomic E-state index is 9.86. The molecule has 0 aliphatic rings.